The van der Waals surface area contributed by atoms with Crippen LogP contribution in [0.15, 0.2) is 47.5 Å². The molecule has 5 rings (SSSR count). The van der Waals surface area contributed by atoms with Crippen molar-refractivity contribution in [2.24, 2.45) is 0 Å². The summed E-state index contributed by atoms with van der Waals surface area (Å²) in [4.78, 5) is 20.0. The number of H-pyrrole nitrogens is 1. The molecular formula is C21H19F3N6O2. The van der Waals surface area contributed by atoms with Gasteiger partial charge in [-0.3, -0.25) is 4.79 Å². The van der Waals surface area contributed by atoms with Gasteiger partial charge in [0.05, 0.1) is 17.9 Å². The third-order valence-electron chi connectivity index (χ3n) is 5.52. The summed E-state index contributed by atoms with van der Waals surface area (Å²) in [6.07, 6.45) is 0.0225. The molecule has 4 heterocycles. The summed E-state index contributed by atoms with van der Waals surface area (Å²) in [5.74, 6) is 0.395. The first-order valence-corrected chi connectivity index (χ1v) is 10.2. The lowest BCUT2D eigenvalue weighted by Crippen LogP contribution is -2.21. The molecule has 0 saturated carbocycles. The minimum Gasteiger partial charge on any atom is -0.381 e. The fourth-order valence-corrected chi connectivity index (χ4v) is 3.94. The summed E-state index contributed by atoms with van der Waals surface area (Å²) in [6, 6.07) is 7.95. The highest BCUT2D eigenvalue weighted by atomic mass is 19.4. The number of nitrogens with zero attached hydrogens (tertiary/aromatic N) is 5. The van der Waals surface area contributed by atoms with E-state index in [1.54, 1.807) is 28.9 Å². The van der Waals surface area contributed by atoms with Gasteiger partial charge in [-0.2, -0.15) is 23.4 Å². The third-order valence-corrected chi connectivity index (χ3v) is 5.52. The topological polar surface area (TPSA) is 90.6 Å². The van der Waals surface area contributed by atoms with Gasteiger partial charge >= 0.3 is 6.18 Å². The molecule has 0 bridgehead atoms. The summed E-state index contributed by atoms with van der Waals surface area (Å²) in [7, 11) is 0. The maximum atomic E-state index is 13.0. The maximum Gasteiger partial charge on any atom is 0.435 e. The summed E-state index contributed by atoms with van der Waals surface area (Å²) in [5, 5.41) is 8.44. The van der Waals surface area contributed by atoms with Gasteiger partial charge in [0.1, 0.15) is 11.2 Å². The maximum absolute atomic E-state index is 13.0. The van der Waals surface area contributed by atoms with Gasteiger partial charge in [0.15, 0.2) is 11.3 Å². The van der Waals surface area contributed by atoms with Crippen molar-refractivity contribution in [3.05, 3.63) is 70.2 Å². The van der Waals surface area contributed by atoms with E-state index in [1.165, 1.54) is 17.1 Å². The number of aromatic nitrogens is 6. The van der Waals surface area contributed by atoms with Crippen molar-refractivity contribution < 1.29 is 17.9 Å². The molecule has 0 unspecified atom stereocenters. The Hall–Kier alpha value is -3.47. The van der Waals surface area contributed by atoms with Crippen LogP contribution < -0.4 is 5.56 Å². The zero-order chi connectivity index (χ0) is 22.3. The lowest BCUT2D eigenvalue weighted by atomic mass is 10.1. The molecule has 3 aromatic heterocycles. The van der Waals surface area contributed by atoms with E-state index >= 15 is 0 Å². The van der Waals surface area contributed by atoms with Crippen molar-refractivity contribution in [3.63, 3.8) is 0 Å². The number of para-hydroxylation sites is 1. The van der Waals surface area contributed by atoms with Gasteiger partial charge in [-0.25, -0.2) is 14.3 Å². The molecule has 0 atom stereocenters. The van der Waals surface area contributed by atoms with Crippen LogP contribution in [0.5, 0.6) is 0 Å². The van der Waals surface area contributed by atoms with E-state index in [4.69, 9.17) is 4.74 Å². The van der Waals surface area contributed by atoms with Gasteiger partial charge < -0.3 is 9.72 Å². The lowest BCUT2D eigenvalue weighted by molar-refractivity contribution is -0.141. The number of rotatable bonds is 4. The molecule has 1 aliphatic heterocycles. The van der Waals surface area contributed by atoms with Crippen molar-refractivity contribution in [2.75, 3.05) is 13.2 Å². The van der Waals surface area contributed by atoms with E-state index in [-0.39, 0.29) is 18.0 Å². The average Bonchev–Trinajstić information content (AvgIpc) is 3.43. The highest BCUT2D eigenvalue weighted by Gasteiger charge is 2.33. The van der Waals surface area contributed by atoms with Gasteiger partial charge in [-0.15, -0.1) is 0 Å². The van der Waals surface area contributed by atoms with Gasteiger partial charge in [-0.05, 0) is 30.5 Å². The molecule has 166 valence electrons. The Morgan fingerprint density at radius 1 is 1.16 bits per heavy atom. The summed E-state index contributed by atoms with van der Waals surface area (Å²) >= 11 is 0. The lowest BCUT2D eigenvalue weighted by Gasteiger charge is -2.22. The molecular weight excluding hydrogens is 425 g/mol. The van der Waals surface area contributed by atoms with Crippen LogP contribution >= 0.6 is 0 Å². The smallest absolute Gasteiger partial charge is 0.381 e. The summed E-state index contributed by atoms with van der Waals surface area (Å²) in [6.45, 7) is 1.25. The van der Waals surface area contributed by atoms with Crippen molar-refractivity contribution in [1.29, 1.82) is 0 Å². The molecule has 1 saturated heterocycles. The van der Waals surface area contributed by atoms with Gasteiger partial charge in [0, 0.05) is 25.8 Å². The van der Waals surface area contributed by atoms with Crippen LogP contribution in [0.1, 0.15) is 36.0 Å². The highest BCUT2D eigenvalue weighted by molar-refractivity contribution is 5.73. The number of ether oxygens (including phenoxy) is 1. The van der Waals surface area contributed by atoms with Crippen molar-refractivity contribution >= 4 is 11.0 Å². The Morgan fingerprint density at radius 3 is 2.69 bits per heavy atom. The second-order valence-electron chi connectivity index (χ2n) is 7.63. The molecule has 4 aromatic rings. The molecule has 32 heavy (non-hydrogen) atoms. The Morgan fingerprint density at radius 2 is 1.94 bits per heavy atom. The standard InChI is InChI=1S/C21H19F3N6O2/c22-21(23,24)17-5-8-29(28-17)16-4-2-1-3-13(16)11-18-26-19-15(20(31)27-18)12-25-30(19)14-6-9-32-10-7-14/h1-5,8,12,14H,6-7,9-11H2,(H,26,27,31). The van der Waals surface area contributed by atoms with Crippen LogP contribution in [0, 0.1) is 0 Å². The van der Waals surface area contributed by atoms with Crippen molar-refractivity contribution in [2.45, 2.75) is 31.5 Å². The number of hydrogen-bond donors (Lipinski definition) is 1. The van der Waals surface area contributed by atoms with Crippen LogP contribution in [-0.4, -0.2) is 42.7 Å². The second kappa shape index (κ2) is 7.90. The Balaban J connectivity index is 1.51. The number of halogens is 3. The molecule has 1 fully saturated rings. The van der Waals surface area contributed by atoms with Crippen LogP contribution in [0.25, 0.3) is 16.7 Å². The van der Waals surface area contributed by atoms with Gasteiger partial charge in [0.25, 0.3) is 5.56 Å². The van der Waals surface area contributed by atoms with E-state index in [2.05, 4.69) is 20.2 Å². The zero-order valence-corrected chi connectivity index (χ0v) is 16.8. The zero-order valence-electron chi connectivity index (χ0n) is 16.8. The average molecular weight is 444 g/mol. The normalized spacial score (nSPS) is 15.5. The number of benzene rings is 1. The van der Waals surface area contributed by atoms with Gasteiger partial charge in [-0.1, -0.05) is 18.2 Å². The predicted molar refractivity (Wildman–Crippen MR) is 109 cm³/mol. The SMILES string of the molecule is O=c1[nH]c(Cc2ccccc2-n2ccc(C(F)(F)F)n2)nc2c1cnn2C1CCOCC1. The van der Waals surface area contributed by atoms with Crippen LogP contribution in [0.4, 0.5) is 13.2 Å². The number of alkyl halides is 3. The molecule has 11 heteroatoms. The number of nitrogens with one attached hydrogen (secondary N) is 1. The molecule has 1 N–H and O–H groups in total. The highest BCUT2D eigenvalue weighted by Crippen LogP contribution is 2.28. The van der Waals surface area contributed by atoms with Crippen LogP contribution in [-0.2, 0) is 17.3 Å². The minimum absolute atomic E-state index is 0.0977. The first kappa shape index (κ1) is 20.4. The fraction of sp³-hybridized carbons (Fsp3) is 0.333. The largest absolute Gasteiger partial charge is 0.435 e. The Labute approximate surface area is 179 Å². The predicted octanol–water partition coefficient (Wildman–Crippen LogP) is 3.27. The second-order valence-corrected chi connectivity index (χ2v) is 7.63. The van der Waals surface area contributed by atoms with Gasteiger partial charge in [0.2, 0.25) is 0 Å². The first-order chi connectivity index (χ1) is 15.4. The molecule has 0 aliphatic carbocycles. The first-order valence-electron chi connectivity index (χ1n) is 10.2. The number of aromatic amines is 1. The molecule has 1 aliphatic rings. The van der Waals surface area contributed by atoms with E-state index in [0.29, 0.717) is 41.3 Å². The molecule has 0 amide bonds. The number of fused-ring (bicyclic) bond motifs is 1. The quantitative estimate of drug-likeness (QED) is 0.522. The Bertz CT molecular complexity index is 1320. The molecule has 1 aromatic carbocycles. The van der Waals surface area contributed by atoms with E-state index in [1.807, 2.05) is 0 Å². The van der Waals surface area contributed by atoms with Crippen LogP contribution in [0.2, 0.25) is 0 Å². The van der Waals surface area contributed by atoms with E-state index in [9.17, 15) is 18.0 Å². The Kier molecular flexibility index (Phi) is 5.04. The van der Waals surface area contributed by atoms with E-state index in [0.717, 1.165) is 18.9 Å². The molecule has 8 nitrogen and oxygen atoms in total. The van der Waals surface area contributed by atoms with Crippen molar-refractivity contribution in [3.8, 4) is 5.69 Å². The minimum atomic E-state index is -4.53. The van der Waals surface area contributed by atoms with Crippen LogP contribution in [0.3, 0.4) is 0 Å². The molecule has 0 spiro atoms. The molecule has 0 radical (unpaired) electrons. The fourth-order valence-electron chi connectivity index (χ4n) is 3.94. The number of hydrogen-bond acceptors (Lipinski definition) is 5. The summed E-state index contributed by atoms with van der Waals surface area (Å²) in [5.41, 5.74) is 0.360. The van der Waals surface area contributed by atoms with E-state index < -0.39 is 11.9 Å². The third kappa shape index (κ3) is 3.79. The summed E-state index contributed by atoms with van der Waals surface area (Å²) < 4.78 is 47.3. The van der Waals surface area contributed by atoms with Crippen molar-refractivity contribution in [1.82, 2.24) is 29.5 Å². The monoisotopic (exact) mass is 444 g/mol.